The van der Waals surface area contributed by atoms with Crippen molar-refractivity contribution in [2.75, 3.05) is 23.8 Å². The van der Waals surface area contributed by atoms with Crippen molar-refractivity contribution in [3.8, 4) is 11.5 Å². The first kappa shape index (κ1) is 24.1. The number of carbonyl (C=O) groups is 1. The van der Waals surface area contributed by atoms with Crippen molar-refractivity contribution in [1.29, 1.82) is 0 Å². The minimum absolute atomic E-state index is 0.0743. The summed E-state index contributed by atoms with van der Waals surface area (Å²) in [5, 5.41) is 2.79. The van der Waals surface area contributed by atoms with Gasteiger partial charge in [-0.3, -0.25) is 9.52 Å². The molecule has 0 fully saturated rings. The van der Waals surface area contributed by atoms with Crippen LogP contribution in [0, 0.1) is 0 Å². The van der Waals surface area contributed by atoms with Crippen molar-refractivity contribution in [3.05, 3.63) is 78.4 Å². The van der Waals surface area contributed by atoms with E-state index in [2.05, 4.69) is 17.0 Å². The molecular formula is C25H28N2O5S. The van der Waals surface area contributed by atoms with Crippen molar-refractivity contribution in [3.63, 3.8) is 0 Å². The molecule has 0 aliphatic carbocycles. The molecule has 0 aromatic heterocycles. The average molecular weight is 469 g/mol. The van der Waals surface area contributed by atoms with Crippen LogP contribution in [0.2, 0.25) is 0 Å². The van der Waals surface area contributed by atoms with Gasteiger partial charge in [0, 0.05) is 11.8 Å². The van der Waals surface area contributed by atoms with E-state index in [0.717, 1.165) is 19.3 Å². The summed E-state index contributed by atoms with van der Waals surface area (Å²) in [4.78, 5) is 12.2. The second kappa shape index (κ2) is 11.4. The zero-order valence-corrected chi connectivity index (χ0v) is 19.5. The van der Waals surface area contributed by atoms with Gasteiger partial charge >= 0.3 is 0 Å². The SMILES string of the molecule is CCCCc1ccc(NC(=O)COc2ccc(S(=O)(=O)Nc3cccc(OC)c3)cc2)cc1. The Bertz CT molecular complexity index is 1160. The molecule has 0 saturated carbocycles. The largest absolute Gasteiger partial charge is 0.497 e. The predicted molar refractivity (Wildman–Crippen MR) is 129 cm³/mol. The maximum atomic E-state index is 12.6. The summed E-state index contributed by atoms with van der Waals surface area (Å²) < 4.78 is 38.3. The monoisotopic (exact) mass is 468 g/mol. The molecule has 174 valence electrons. The Hall–Kier alpha value is -3.52. The minimum atomic E-state index is -3.78. The van der Waals surface area contributed by atoms with Crippen molar-refractivity contribution in [1.82, 2.24) is 0 Å². The predicted octanol–water partition coefficient (Wildman–Crippen LogP) is 4.86. The van der Waals surface area contributed by atoms with E-state index < -0.39 is 10.0 Å². The third-order valence-electron chi connectivity index (χ3n) is 4.88. The van der Waals surface area contributed by atoms with Crippen LogP contribution in [0.25, 0.3) is 0 Å². The number of hydrogen-bond donors (Lipinski definition) is 2. The molecule has 8 heteroatoms. The minimum Gasteiger partial charge on any atom is -0.497 e. The molecule has 0 spiro atoms. The lowest BCUT2D eigenvalue weighted by Gasteiger charge is -2.11. The van der Waals surface area contributed by atoms with E-state index in [1.54, 1.807) is 24.3 Å². The molecule has 3 rings (SSSR count). The van der Waals surface area contributed by atoms with Gasteiger partial charge in [0.1, 0.15) is 11.5 Å². The first-order chi connectivity index (χ1) is 15.9. The lowest BCUT2D eigenvalue weighted by molar-refractivity contribution is -0.118. The third-order valence-corrected chi connectivity index (χ3v) is 6.28. The summed E-state index contributed by atoms with van der Waals surface area (Å²) in [6, 6.07) is 20.3. The van der Waals surface area contributed by atoms with Crippen LogP contribution in [0.5, 0.6) is 11.5 Å². The standard InChI is InChI=1S/C25H28N2O5S/c1-3-4-6-19-9-11-20(12-10-19)26-25(28)18-32-22-13-15-24(16-14-22)33(29,30)27-21-7-5-8-23(17-21)31-2/h5,7-17,27H,3-4,6,18H2,1-2H3,(H,26,28). The van der Waals surface area contributed by atoms with Crippen LogP contribution in [-0.2, 0) is 21.2 Å². The van der Waals surface area contributed by atoms with Gasteiger partial charge < -0.3 is 14.8 Å². The third kappa shape index (κ3) is 7.25. The van der Waals surface area contributed by atoms with E-state index in [1.807, 2.05) is 24.3 Å². The van der Waals surface area contributed by atoms with Gasteiger partial charge in [-0.1, -0.05) is 31.5 Å². The molecule has 7 nitrogen and oxygen atoms in total. The first-order valence-corrected chi connectivity index (χ1v) is 12.2. The number of methoxy groups -OCH3 is 1. The highest BCUT2D eigenvalue weighted by Gasteiger charge is 2.15. The van der Waals surface area contributed by atoms with E-state index in [9.17, 15) is 13.2 Å². The second-order valence-electron chi connectivity index (χ2n) is 7.45. The van der Waals surface area contributed by atoms with E-state index in [0.29, 0.717) is 22.9 Å². The number of aryl methyl sites for hydroxylation is 1. The van der Waals surface area contributed by atoms with Crippen molar-refractivity contribution in [2.24, 2.45) is 0 Å². The van der Waals surface area contributed by atoms with E-state index in [1.165, 1.54) is 36.9 Å². The highest BCUT2D eigenvalue weighted by molar-refractivity contribution is 7.92. The average Bonchev–Trinajstić information content (AvgIpc) is 2.82. The molecule has 3 aromatic rings. The summed E-state index contributed by atoms with van der Waals surface area (Å²) in [6.45, 7) is 1.96. The first-order valence-electron chi connectivity index (χ1n) is 10.7. The van der Waals surface area contributed by atoms with Gasteiger partial charge in [0.2, 0.25) is 0 Å². The number of ether oxygens (including phenoxy) is 2. The van der Waals surface area contributed by atoms with Gasteiger partial charge in [-0.25, -0.2) is 8.42 Å². The van der Waals surface area contributed by atoms with Crippen LogP contribution < -0.4 is 19.5 Å². The lowest BCUT2D eigenvalue weighted by atomic mass is 10.1. The fourth-order valence-corrected chi connectivity index (χ4v) is 4.15. The van der Waals surface area contributed by atoms with Crippen LogP contribution in [-0.4, -0.2) is 28.0 Å². The van der Waals surface area contributed by atoms with Gasteiger partial charge in [0.25, 0.3) is 15.9 Å². The maximum Gasteiger partial charge on any atom is 0.262 e. The molecule has 3 aromatic carbocycles. The van der Waals surface area contributed by atoms with Gasteiger partial charge in [0.15, 0.2) is 6.61 Å². The molecular weight excluding hydrogens is 440 g/mol. The van der Waals surface area contributed by atoms with E-state index in [4.69, 9.17) is 9.47 Å². The van der Waals surface area contributed by atoms with Gasteiger partial charge in [-0.2, -0.15) is 0 Å². The summed E-state index contributed by atoms with van der Waals surface area (Å²) in [5.41, 5.74) is 2.33. The highest BCUT2D eigenvalue weighted by atomic mass is 32.2. The molecule has 0 bridgehead atoms. The summed E-state index contributed by atoms with van der Waals surface area (Å²) >= 11 is 0. The molecule has 2 N–H and O–H groups in total. The molecule has 0 aliphatic heterocycles. The molecule has 0 atom stereocenters. The van der Waals surface area contributed by atoms with Crippen LogP contribution in [0.15, 0.2) is 77.7 Å². The van der Waals surface area contributed by atoms with Crippen LogP contribution in [0.4, 0.5) is 11.4 Å². The lowest BCUT2D eigenvalue weighted by Crippen LogP contribution is -2.20. The van der Waals surface area contributed by atoms with Gasteiger partial charge in [0.05, 0.1) is 17.7 Å². The number of sulfonamides is 1. The number of anilines is 2. The summed E-state index contributed by atoms with van der Waals surface area (Å²) in [5.74, 6) is 0.637. The Morgan fingerprint density at radius 1 is 0.909 bits per heavy atom. The Labute approximate surface area is 194 Å². The zero-order chi connectivity index (χ0) is 23.7. The number of unbranched alkanes of at least 4 members (excludes halogenated alkanes) is 1. The Morgan fingerprint density at radius 3 is 2.30 bits per heavy atom. The van der Waals surface area contributed by atoms with Crippen molar-refractivity contribution < 1.29 is 22.7 Å². The maximum absolute atomic E-state index is 12.6. The number of hydrogen-bond acceptors (Lipinski definition) is 5. The fourth-order valence-electron chi connectivity index (χ4n) is 3.10. The molecule has 33 heavy (non-hydrogen) atoms. The number of amides is 1. The second-order valence-corrected chi connectivity index (χ2v) is 9.13. The Kier molecular flexibility index (Phi) is 8.32. The summed E-state index contributed by atoms with van der Waals surface area (Å²) in [6.07, 6.45) is 3.30. The van der Waals surface area contributed by atoms with Crippen LogP contribution in [0.1, 0.15) is 25.3 Å². The van der Waals surface area contributed by atoms with Crippen LogP contribution >= 0.6 is 0 Å². The topological polar surface area (TPSA) is 93.7 Å². The Morgan fingerprint density at radius 2 is 1.64 bits per heavy atom. The fraction of sp³-hybridized carbons (Fsp3) is 0.240. The quantitative estimate of drug-likeness (QED) is 0.419. The summed E-state index contributed by atoms with van der Waals surface area (Å²) in [7, 11) is -2.27. The van der Waals surface area contributed by atoms with Crippen molar-refractivity contribution in [2.45, 2.75) is 31.1 Å². The molecule has 0 unspecified atom stereocenters. The number of benzene rings is 3. The normalized spacial score (nSPS) is 11.0. The Balaban J connectivity index is 1.53. The number of nitrogens with one attached hydrogen (secondary N) is 2. The molecule has 0 radical (unpaired) electrons. The van der Waals surface area contributed by atoms with Crippen molar-refractivity contribution >= 4 is 27.3 Å². The van der Waals surface area contributed by atoms with Gasteiger partial charge in [-0.05, 0) is 66.9 Å². The van der Waals surface area contributed by atoms with Crippen LogP contribution in [0.3, 0.4) is 0 Å². The highest BCUT2D eigenvalue weighted by Crippen LogP contribution is 2.22. The van der Waals surface area contributed by atoms with E-state index in [-0.39, 0.29) is 17.4 Å². The van der Waals surface area contributed by atoms with Gasteiger partial charge in [-0.15, -0.1) is 0 Å². The molecule has 0 saturated heterocycles. The molecule has 1 amide bonds. The molecule has 0 aliphatic rings. The molecule has 0 heterocycles. The number of carbonyl (C=O) groups excluding carboxylic acids is 1. The van der Waals surface area contributed by atoms with E-state index >= 15 is 0 Å². The zero-order valence-electron chi connectivity index (χ0n) is 18.7. The smallest absolute Gasteiger partial charge is 0.262 e. The number of rotatable bonds is 11.